The number of aromatic nitrogens is 2. The topological polar surface area (TPSA) is 104 Å². The maximum Gasteiger partial charge on any atom is 0.257 e. The molecule has 1 amide bonds. The van der Waals surface area contributed by atoms with Gasteiger partial charge in [0.15, 0.2) is 0 Å². The van der Waals surface area contributed by atoms with E-state index in [1.807, 2.05) is 30.3 Å². The number of benzene rings is 3. The van der Waals surface area contributed by atoms with Crippen molar-refractivity contribution in [1.29, 1.82) is 0 Å². The molecule has 0 atom stereocenters. The average molecular weight is 441 g/mol. The molecule has 1 heterocycles. The van der Waals surface area contributed by atoms with Gasteiger partial charge in [-0.05, 0) is 49.5 Å². The average Bonchev–Trinajstić information content (AvgIpc) is 3.18. The lowest BCUT2D eigenvalue weighted by Gasteiger charge is -2.10. The summed E-state index contributed by atoms with van der Waals surface area (Å²) in [6.07, 6.45) is 0. The Hall–Kier alpha value is -3.20. The molecule has 30 heavy (non-hydrogen) atoms. The van der Waals surface area contributed by atoms with Crippen LogP contribution in [0.2, 0.25) is 5.02 Å². The summed E-state index contributed by atoms with van der Waals surface area (Å²) < 4.78 is 26.3. The van der Waals surface area contributed by atoms with Gasteiger partial charge in [-0.1, -0.05) is 35.9 Å². The fraction of sp³-hybridized carbons (Fsp3) is 0.0476. The van der Waals surface area contributed by atoms with Crippen LogP contribution < -0.4 is 10.0 Å². The quantitative estimate of drug-likeness (QED) is 0.435. The van der Waals surface area contributed by atoms with E-state index in [4.69, 9.17) is 11.6 Å². The number of carbonyl (C=O) groups is 1. The van der Waals surface area contributed by atoms with E-state index >= 15 is 0 Å². The van der Waals surface area contributed by atoms with Crippen molar-refractivity contribution in [3.8, 4) is 11.4 Å². The van der Waals surface area contributed by atoms with Gasteiger partial charge in [0, 0.05) is 11.3 Å². The maximum atomic E-state index is 12.8. The van der Waals surface area contributed by atoms with Crippen LogP contribution in [0.3, 0.4) is 0 Å². The first kappa shape index (κ1) is 20.1. The van der Waals surface area contributed by atoms with Crippen molar-refractivity contribution < 1.29 is 13.2 Å². The lowest BCUT2D eigenvalue weighted by atomic mass is 10.1. The zero-order valence-electron chi connectivity index (χ0n) is 15.8. The SMILES string of the molecule is CNS(=O)(=O)c1ccc(Cl)c(C(=O)Nc2cccc(-c3nc4ccccc4[nH]3)c2)c1. The number of H-pyrrole nitrogens is 1. The number of anilines is 1. The van der Waals surface area contributed by atoms with E-state index in [2.05, 4.69) is 20.0 Å². The normalized spacial score (nSPS) is 11.5. The van der Waals surface area contributed by atoms with E-state index in [9.17, 15) is 13.2 Å². The van der Waals surface area contributed by atoms with Gasteiger partial charge in [-0.25, -0.2) is 18.1 Å². The zero-order valence-corrected chi connectivity index (χ0v) is 17.4. The van der Waals surface area contributed by atoms with E-state index in [-0.39, 0.29) is 15.5 Å². The second-order valence-corrected chi connectivity index (χ2v) is 8.78. The second-order valence-electron chi connectivity index (χ2n) is 6.49. The molecule has 0 fully saturated rings. The van der Waals surface area contributed by atoms with E-state index in [0.717, 1.165) is 16.6 Å². The van der Waals surface area contributed by atoms with E-state index in [1.165, 1.54) is 25.2 Å². The summed E-state index contributed by atoms with van der Waals surface area (Å²) in [6.45, 7) is 0. The third kappa shape index (κ3) is 3.93. The summed E-state index contributed by atoms with van der Waals surface area (Å²) in [4.78, 5) is 20.5. The molecule has 0 aliphatic heterocycles. The third-order valence-corrected chi connectivity index (χ3v) is 6.29. The summed E-state index contributed by atoms with van der Waals surface area (Å²) in [5.74, 6) is 0.155. The van der Waals surface area contributed by atoms with Crippen molar-refractivity contribution in [2.75, 3.05) is 12.4 Å². The number of imidazole rings is 1. The Kier molecular flexibility index (Phi) is 5.29. The number of amides is 1. The van der Waals surface area contributed by atoms with Crippen LogP contribution in [-0.4, -0.2) is 31.3 Å². The van der Waals surface area contributed by atoms with Gasteiger partial charge in [0.1, 0.15) is 5.82 Å². The highest BCUT2D eigenvalue weighted by atomic mass is 35.5. The molecule has 0 radical (unpaired) electrons. The Morgan fingerprint density at radius 2 is 1.83 bits per heavy atom. The van der Waals surface area contributed by atoms with Crippen molar-refractivity contribution in [1.82, 2.24) is 14.7 Å². The molecule has 0 saturated heterocycles. The number of nitrogens with one attached hydrogen (secondary N) is 3. The summed E-state index contributed by atoms with van der Waals surface area (Å²) in [5.41, 5.74) is 3.13. The molecule has 0 spiro atoms. The summed E-state index contributed by atoms with van der Waals surface area (Å²) in [6, 6.07) is 18.8. The number of halogens is 1. The second kappa shape index (κ2) is 7.91. The van der Waals surface area contributed by atoms with Gasteiger partial charge in [-0.15, -0.1) is 0 Å². The van der Waals surface area contributed by atoms with Crippen LogP contribution in [0, 0.1) is 0 Å². The van der Waals surface area contributed by atoms with Crippen molar-refractivity contribution in [2.45, 2.75) is 4.90 Å². The minimum Gasteiger partial charge on any atom is -0.338 e. The Labute approximate surface area is 178 Å². The first-order valence-electron chi connectivity index (χ1n) is 8.97. The van der Waals surface area contributed by atoms with Gasteiger partial charge in [-0.3, -0.25) is 4.79 Å². The van der Waals surface area contributed by atoms with Crippen LogP contribution in [0.15, 0.2) is 71.6 Å². The number of fused-ring (bicyclic) bond motifs is 1. The number of para-hydroxylation sites is 2. The highest BCUT2D eigenvalue weighted by molar-refractivity contribution is 7.89. The van der Waals surface area contributed by atoms with Gasteiger partial charge < -0.3 is 10.3 Å². The molecular weight excluding hydrogens is 424 g/mol. The molecule has 3 N–H and O–H groups in total. The molecule has 4 aromatic rings. The molecule has 0 aliphatic rings. The van der Waals surface area contributed by atoms with Gasteiger partial charge in [0.25, 0.3) is 5.91 Å². The first-order valence-corrected chi connectivity index (χ1v) is 10.8. The van der Waals surface area contributed by atoms with Crippen LogP contribution in [0.1, 0.15) is 10.4 Å². The fourth-order valence-corrected chi connectivity index (χ4v) is 3.95. The van der Waals surface area contributed by atoms with Crippen molar-refractivity contribution in [2.24, 2.45) is 0 Å². The van der Waals surface area contributed by atoms with Crippen LogP contribution in [0.5, 0.6) is 0 Å². The Morgan fingerprint density at radius 1 is 1.03 bits per heavy atom. The molecular formula is C21H17ClN4O3S. The lowest BCUT2D eigenvalue weighted by molar-refractivity contribution is 0.102. The molecule has 7 nitrogen and oxygen atoms in total. The lowest BCUT2D eigenvalue weighted by Crippen LogP contribution is -2.20. The number of aromatic amines is 1. The van der Waals surface area contributed by atoms with Gasteiger partial charge in [0.2, 0.25) is 10.0 Å². The highest BCUT2D eigenvalue weighted by Gasteiger charge is 2.18. The number of sulfonamides is 1. The summed E-state index contributed by atoms with van der Waals surface area (Å²) >= 11 is 6.13. The smallest absolute Gasteiger partial charge is 0.257 e. The third-order valence-electron chi connectivity index (χ3n) is 4.54. The molecule has 9 heteroatoms. The Bertz CT molecular complexity index is 1330. The van der Waals surface area contributed by atoms with Crippen LogP contribution >= 0.6 is 11.6 Å². The van der Waals surface area contributed by atoms with Crippen molar-refractivity contribution in [3.05, 3.63) is 77.3 Å². The Morgan fingerprint density at radius 3 is 2.60 bits per heavy atom. The van der Waals surface area contributed by atoms with E-state index in [1.54, 1.807) is 18.2 Å². The predicted octanol–water partition coefficient (Wildman–Crippen LogP) is 4.04. The monoisotopic (exact) mass is 440 g/mol. The molecule has 0 saturated carbocycles. The largest absolute Gasteiger partial charge is 0.338 e. The minimum absolute atomic E-state index is 0.0458. The minimum atomic E-state index is -3.70. The van der Waals surface area contributed by atoms with Crippen LogP contribution in [0.25, 0.3) is 22.4 Å². The molecule has 0 aliphatic carbocycles. The van der Waals surface area contributed by atoms with Crippen LogP contribution in [0.4, 0.5) is 5.69 Å². The maximum absolute atomic E-state index is 12.8. The van der Waals surface area contributed by atoms with E-state index < -0.39 is 15.9 Å². The van der Waals surface area contributed by atoms with Crippen LogP contribution in [-0.2, 0) is 10.0 Å². The summed E-state index contributed by atoms with van der Waals surface area (Å²) in [7, 11) is -2.40. The summed E-state index contributed by atoms with van der Waals surface area (Å²) in [5, 5.41) is 2.91. The van der Waals surface area contributed by atoms with E-state index in [0.29, 0.717) is 11.5 Å². The van der Waals surface area contributed by atoms with Crippen molar-refractivity contribution in [3.63, 3.8) is 0 Å². The number of nitrogens with zero attached hydrogens (tertiary/aromatic N) is 1. The highest BCUT2D eigenvalue weighted by Crippen LogP contribution is 2.25. The van der Waals surface area contributed by atoms with Gasteiger partial charge >= 0.3 is 0 Å². The number of rotatable bonds is 5. The molecule has 152 valence electrons. The molecule has 3 aromatic carbocycles. The molecule has 0 unspecified atom stereocenters. The molecule has 1 aromatic heterocycles. The zero-order chi connectivity index (χ0) is 21.3. The molecule has 0 bridgehead atoms. The van der Waals surface area contributed by atoms with Gasteiger partial charge in [-0.2, -0.15) is 0 Å². The van der Waals surface area contributed by atoms with Gasteiger partial charge in [0.05, 0.1) is 26.5 Å². The molecule has 4 rings (SSSR count). The standard InChI is InChI=1S/C21H17ClN4O3S/c1-23-30(28,29)15-9-10-17(22)16(12-15)21(27)24-14-6-4-5-13(11-14)20-25-18-7-2-3-8-19(18)26-20/h2-12,23H,1H3,(H,24,27)(H,25,26). The predicted molar refractivity (Wildman–Crippen MR) is 117 cm³/mol. The fourth-order valence-electron chi connectivity index (χ4n) is 3.00. The number of carbonyl (C=O) groups excluding carboxylic acids is 1. The van der Waals surface area contributed by atoms with Crippen molar-refractivity contribution >= 4 is 44.3 Å². The first-order chi connectivity index (χ1) is 14.4. The number of hydrogen-bond acceptors (Lipinski definition) is 4. The Balaban J connectivity index is 1.63. The number of hydrogen-bond donors (Lipinski definition) is 3.